The molecule has 3 rings (SSSR count). The Labute approximate surface area is 145 Å². The second-order valence-corrected chi connectivity index (χ2v) is 5.82. The van der Waals surface area contributed by atoms with Crippen molar-refractivity contribution < 1.29 is 14.3 Å². The van der Waals surface area contributed by atoms with Crippen LogP contribution >= 0.6 is 0 Å². The first kappa shape index (κ1) is 16.6. The Morgan fingerprint density at radius 3 is 2.56 bits per heavy atom. The monoisotopic (exact) mass is 337 g/mol. The number of ether oxygens (including phenoxy) is 1. The van der Waals surface area contributed by atoms with Gasteiger partial charge in [0.25, 0.3) is 5.91 Å². The van der Waals surface area contributed by atoms with Gasteiger partial charge in [0.15, 0.2) is 0 Å². The van der Waals surface area contributed by atoms with Crippen LogP contribution in [0.25, 0.3) is 10.9 Å². The van der Waals surface area contributed by atoms with Gasteiger partial charge >= 0.3 is 0 Å². The molecule has 3 N–H and O–H groups in total. The van der Waals surface area contributed by atoms with E-state index in [2.05, 4.69) is 15.6 Å². The molecule has 6 nitrogen and oxygen atoms in total. The van der Waals surface area contributed by atoms with Crippen LogP contribution in [0.5, 0.6) is 5.75 Å². The average Bonchev–Trinajstić information content (AvgIpc) is 2.98. The number of hydrogen-bond donors (Lipinski definition) is 3. The van der Waals surface area contributed by atoms with Crippen molar-refractivity contribution in [3.05, 3.63) is 53.7 Å². The van der Waals surface area contributed by atoms with Gasteiger partial charge in [-0.1, -0.05) is 12.1 Å². The second-order valence-electron chi connectivity index (χ2n) is 5.82. The molecule has 0 aliphatic carbocycles. The van der Waals surface area contributed by atoms with E-state index in [4.69, 9.17) is 4.74 Å². The second kappa shape index (κ2) is 6.68. The molecule has 3 aromatic rings. The first-order chi connectivity index (χ1) is 12.0. The Kier molecular flexibility index (Phi) is 4.43. The largest absolute Gasteiger partial charge is 0.495 e. The van der Waals surface area contributed by atoms with Gasteiger partial charge in [-0.05, 0) is 42.8 Å². The SMILES string of the molecule is COc1ccc(NC(C)=O)cc1NC(=O)c1cc2ccc(C)cc2[nH]1. The van der Waals surface area contributed by atoms with Gasteiger partial charge in [0.05, 0.1) is 12.8 Å². The fourth-order valence-electron chi connectivity index (χ4n) is 2.64. The van der Waals surface area contributed by atoms with Crippen LogP contribution in [0.1, 0.15) is 23.0 Å². The molecule has 2 aromatic carbocycles. The number of anilines is 2. The van der Waals surface area contributed by atoms with Gasteiger partial charge in [0, 0.05) is 23.5 Å². The van der Waals surface area contributed by atoms with Crippen LogP contribution in [0, 0.1) is 6.92 Å². The molecule has 25 heavy (non-hydrogen) atoms. The summed E-state index contributed by atoms with van der Waals surface area (Å²) in [6, 6.07) is 12.8. The Morgan fingerprint density at radius 1 is 1.04 bits per heavy atom. The molecular weight excluding hydrogens is 318 g/mol. The number of hydrogen-bond acceptors (Lipinski definition) is 3. The van der Waals surface area contributed by atoms with Crippen molar-refractivity contribution in [2.75, 3.05) is 17.7 Å². The first-order valence-electron chi connectivity index (χ1n) is 7.82. The van der Waals surface area contributed by atoms with Crippen LogP contribution in [0.2, 0.25) is 0 Å². The summed E-state index contributed by atoms with van der Waals surface area (Å²) < 4.78 is 5.28. The third kappa shape index (κ3) is 3.63. The fraction of sp³-hybridized carbons (Fsp3) is 0.158. The van der Waals surface area contributed by atoms with E-state index in [1.54, 1.807) is 24.3 Å². The normalized spacial score (nSPS) is 10.5. The highest BCUT2D eigenvalue weighted by Gasteiger charge is 2.13. The molecule has 0 aliphatic rings. The molecule has 0 radical (unpaired) electrons. The van der Waals surface area contributed by atoms with E-state index >= 15 is 0 Å². The molecular formula is C19H19N3O3. The predicted octanol–water partition coefficient (Wildman–Crippen LogP) is 3.70. The van der Waals surface area contributed by atoms with E-state index in [1.165, 1.54) is 14.0 Å². The Hall–Kier alpha value is -3.28. The molecule has 0 saturated heterocycles. The van der Waals surface area contributed by atoms with E-state index < -0.39 is 0 Å². The van der Waals surface area contributed by atoms with Crippen molar-refractivity contribution in [2.45, 2.75) is 13.8 Å². The van der Waals surface area contributed by atoms with Gasteiger partial charge < -0.3 is 20.4 Å². The van der Waals surface area contributed by atoms with E-state index in [-0.39, 0.29) is 11.8 Å². The van der Waals surface area contributed by atoms with Crippen molar-refractivity contribution in [2.24, 2.45) is 0 Å². The molecule has 0 bridgehead atoms. The van der Waals surface area contributed by atoms with Crippen LogP contribution in [0.3, 0.4) is 0 Å². The minimum absolute atomic E-state index is 0.187. The number of carbonyl (C=O) groups is 2. The summed E-state index contributed by atoms with van der Waals surface area (Å²) in [5.41, 5.74) is 3.53. The number of amides is 2. The third-order valence-electron chi connectivity index (χ3n) is 3.79. The zero-order valence-electron chi connectivity index (χ0n) is 14.3. The van der Waals surface area contributed by atoms with E-state index in [9.17, 15) is 9.59 Å². The summed E-state index contributed by atoms with van der Waals surface area (Å²) in [5.74, 6) is 0.0370. The zero-order valence-corrected chi connectivity index (χ0v) is 14.3. The highest BCUT2D eigenvalue weighted by atomic mass is 16.5. The lowest BCUT2D eigenvalue weighted by molar-refractivity contribution is -0.114. The summed E-state index contributed by atoms with van der Waals surface area (Å²) in [6.45, 7) is 3.42. The Bertz CT molecular complexity index is 960. The molecule has 0 atom stereocenters. The van der Waals surface area contributed by atoms with E-state index in [0.29, 0.717) is 22.8 Å². The number of nitrogens with one attached hydrogen (secondary N) is 3. The standard InChI is InChI=1S/C19H19N3O3/c1-11-4-5-13-9-17(21-15(13)8-11)19(24)22-16-10-14(20-12(2)23)6-7-18(16)25-3/h4-10,21H,1-3H3,(H,20,23)(H,22,24). The van der Waals surface area contributed by atoms with Crippen molar-refractivity contribution in [1.82, 2.24) is 4.98 Å². The van der Waals surface area contributed by atoms with Crippen LogP contribution < -0.4 is 15.4 Å². The molecule has 1 heterocycles. The lowest BCUT2D eigenvalue weighted by Crippen LogP contribution is -2.14. The summed E-state index contributed by atoms with van der Waals surface area (Å²) in [6.07, 6.45) is 0. The van der Waals surface area contributed by atoms with Crippen LogP contribution in [-0.4, -0.2) is 23.9 Å². The molecule has 0 fully saturated rings. The maximum atomic E-state index is 12.6. The summed E-state index contributed by atoms with van der Waals surface area (Å²) in [4.78, 5) is 26.9. The Balaban J connectivity index is 1.89. The summed E-state index contributed by atoms with van der Waals surface area (Å²) in [7, 11) is 1.52. The van der Waals surface area contributed by atoms with Crippen molar-refractivity contribution in [3.63, 3.8) is 0 Å². The van der Waals surface area contributed by atoms with Crippen LogP contribution in [0.4, 0.5) is 11.4 Å². The Morgan fingerprint density at radius 2 is 1.84 bits per heavy atom. The number of rotatable bonds is 4. The quantitative estimate of drug-likeness (QED) is 0.679. The molecule has 0 saturated carbocycles. The molecule has 128 valence electrons. The molecule has 1 aromatic heterocycles. The van der Waals surface area contributed by atoms with Crippen LogP contribution in [0.15, 0.2) is 42.5 Å². The third-order valence-corrected chi connectivity index (χ3v) is 3.79. The first-order valence-corrected chi connectivity index (χ1v) is 7.82. The summed E-state index contributed by atoms with van der Waals surface area (Å²) >= 11 is 0. The molecule has 2 amide bonds. The highest BCUT2D eigenvalue weighted by Crippen LogP contribution is 2.28. The number of benzene rings is 2. The van der Waals surface area contributed by atoms with E-state index in [1.807, 2.05) is 25.1 Å². The number of carbonyl (C=O) groups excluding carboxylic acids is 2. The number of aryl methyl sites for hydroxylation is 1. The number of H-pyrrole nitrogens is 1. The number of aromatic nitrogens is 1. The average molecular weight is 337 g/mol. The van der Waals surface area contributed by atoms with Crippen molar-refractivity contribution in [1.29, 1.82) is 0 Å². The van der Waals surface area contributed by atoms with Gasteiger partial charge in [0.1, 0.15) is 11.4 Å². The van der Waals surface area contributed by atoms with Crippen molar-refractivity contribution >= 4 is 34.1 Å². The smallest absolute Gasteiger partial charge is 0.272 e. The van der Waals surface area contributed by atoms with Gasteiger partial charge in [-0.25, -0.2) is 0 Å². The maximum Gasteiger partial charge on any atom is 0.272 e. The van der Waals surface area contributed by atoms with Crippen LogP contribution in [-0.2, 0) is 4.79 Å². The molecule has 6 heteroatoms. The minimum Gasteiger partial charge on any atom is -0.495 e. The van der Waals surface area contributed by atoms with Crippen molar-refractivity contribution in [3.8, 4) is 5.75 Å². The fourth-order valence-corrected chi connectivity index (χ4v) is 2.64. The predicted molar refractivity (Wildman–Crippen MR) is 98.3 cm³/mol. The van der Waals surface area contributed by atoms with Gasteiger partial charge in [0.2, 0.25) is 5.91 Å². The number of methoxy groups -OCH3 is 1. The lowest BCUT2D eigenvalue weighted by atomic mass is 10.2. The number of fused-ring (bicyclic) bond motifs is 1. The maximum absolute atomic E-state index is 12.6. The molecule has 0 spiro atoms. The van der Waals surface area contributed by atoms with Gasteiger partial charge in [-0.3, -0.25) is 9.59 Å². The number of aromatic amines is 1. The zero-order chi connectivity index (χ0) is 18.0. The lowest BCUT2D eigenvalue weighted by Gasteiger charge is -2.12. The summed E-state index contributed by atoms with van der Waals surface area (Å²) in [5, 5.41) is 6.47. The molecule has 0 unspecified atom stereocenters. The van der Waals surface area contributed by atoms with Gasteiger partial charge in [-0.15, -0.1) is 0 Å². The topological polar surface area (TPSA) is 83.2 Å². The molecule has 0 aliphatic heterocycles. The minimum atomic E-state index is -0.285. The van der Waals surface area contributed by atoms with E-state index in [0.717, 1.165) is 16.5 Å². The highest BCUT2D eigenvalue weighted by molar-refractivity contribution is 6.07. The van der Waals surface area contributed by atoms with Gasteiger partial charge in [-0.2, -0.15) is 0 Å².